The minimum atomic E-state index is -0.288. The summed E-state index contributed by atoms with van der Waals surface area (Å²) in [7, 11) is 1.78. The lowest BCUT2D eigenvalue weighted by atomic mass is 9.70. The average molecular weight is 439 g/mol. The van der Waals surface area contributed by atoms with E-state index in [1.54, 1.807) is 23.8 Å². The summed E-state index contributed by atoms with van der Waals surface area (Å²) < 4.78 is 5.64. The normalized spacial score (nSPS) is 11.2. The molecule has 0 fully saturated rings. The highest BCUT2D eigenvalue weighted by molar-refractivity contribution is 5.90. The Morgan fingerprint density at radius 2 is 1.28 bits per heavy atom. The summed E-state index contributed by atoms with van der Waals surface area (Å²) in [5.41, 5.74) is 3.14. The molecule has 0 saturated carbocycles. The molecule has 0 atom stereocenters. The van der Waals surface area contributed by atoms with E-state index < -0.39 is 0 Å². The smallest absolute Gasteiger partial charge is 0.410 e. The van der Waals surface area contributed by atoms with Crippen molar-refractivity contribution in [1.82, 2.24) is 4.90 Å². The number of hydrogen-bond donors (Lipinski definition) is 0. The van der Waals surface area contributed by atoms with Crippen molar-refractivity contribution in [3.8, 4) is 5.75 Å². The van der Waals surface area contributed by atoms with E-state index in [0.717, 1.165) is 31.4 Å². The van der Waals surface area contributed by atoms with Gasteiger partial charge in [0.05, 0.1) is 0 Å². The van der Waals surface area contributed by atoms with Crippen LogP contribution in [-0.4, -0.2) is 37.0 Å². The molecule has 0 aliphatic carbocycles. The third kappa shape index (κ3) is 5.70. The van der Waals surface area contributed by atoms with Gasteiger partial charge >= 0.3 is 6.09 Å². The van der Waals surface area contributed by atoms with Gasteiger partial charge in [-0.2, -0.15) is 0 Å². The minimum Gasteiger partial charge on any atom is -0.410 e. The lowest BCUT2D eigenvalue weighted by Gasteiger charge is -2.33. The number of hydrogen-bond acceptors (Lipinski definition) is 3. The maximum atomic E-state index is 12.5. The molecular formula is C27H38N2O3. The molecule has 0 aliphatic rings. The number of rotatable bonds is 10. The van der Waals surface area contributed by atoms with E-state index >= 15 is 0 Å². The maximum absolute atomic E-state index is 12.5. The fourth-order valence-electron chi connectivity index (χ4n) is 4.26. The van der Waals surface area contributed by atoms with Crippen LogP contribution in [0.5, 0.6) is 5.75 Å². The van der Waals surface area contributed by atoms with Crippen molar-refractivity contribution in [2.24, 2.45) is 0 Å². The summed E-state index contributed by atoms with van der Waals surface area (Å²) in [6.45, 7) is 11.5. The SMILES string of the molecule is CCCN(CCC)C(=O)Oc1ccc(C(CC)(CC)c2ccc(N(C)C(C)=O)cc2)cc1. The van der Waals surface area contributed by atoms with Gasteiger partial charge in [-0.05, 0) is 61.1 Å². The van der Waals surface area contributed by atoms with Crippen LogP contribution in [0, 0.1) is 0 Å². The van der Waals surface area contributed by atoms with Crippen molar-refractivity contribution >= 4 is 17.7 Å². The molecule has 0 aliphatic heterocycles. The van der Waals surface area contributed by atoms with E-state index in [2.05, 4.69) is 52.0 Å². The molecule has 0 radical (unpaired) electrons. The Morgan fingerprint density at radius 3 is 1.69 bits per heavy atom. The van der Waals surface area contributed by atoms with Crippen molar-refractivity contribution in [2.45, 2.75) is 65.7 Å². The number of carbonyl (C=O) groups excluding carboxylic acids is 2. The molecule has 174 valence electrons. The van der Waals surface area contributed by atoms with E-state index in [1.165, 1.54) is 11.1 Å². The first-order chi connectivity index (χ1) is 15.3. The van der Waals surface area contributed by atoms with E-state index in [9.17, 15) is 9.59 Å². The Kier molecular flexibility index (Phi) is 9.30. The van der Waals surface area contributed by atoms with Gasteiger partial charge in [0.1, 0.15) is 5.75 Å². The molecule has 2 amide bonds. The molecular weight excluding hydrogens is 400 g/mol. The summed E-state index contributed by atoms with van der Waals surface area (Å²) in [5.74, 6) is 0.576. The van der Waals surface area contributed by atoms with Crippen LogP contribution < -0.4 is 9.64 Å². The summed E-state index contributed by atoms with van der Waals surface area (Å²) >= 11 is 0. The molecule has 0 N–H and O–H groups in total. The molecule has 2 aromatic rings. The van der Waals surface area contributed by atoms with Gasteiger partial charge in [-0.25, -0.2) is 4.79 Å². The molecule has 0 aromatic heterocycles. The van der Waals surface area contributed by atoms with Crippen LogP contribution >= 0.6 is 0 Å². The molecule has 0 spiro atoms. The maximum Gasteiger partial charge on any atom is 0.415 e. The van der Waals surface area contributed by atoms with Crippen LogP contribution in [0.25, 0.3) is 0 Å². The molecule has 0 bridgehead atoms. The lowest BCUT2D eigenvalue weighted by molar-refractivity contribution is -0.116. The van der Waals surface area contributed by atoms with Gasteiger partial charge in [0.2, 0.25) is 5.91 Å². The highest BCUT2D eigenvalue weighted by Gasteiger charge is 2.31. The molecule has 2 rings (SSSR count). The molecule has 0 unspecified atom stereocenters. The van der Waals surface area contributed by atoms with E-state index in [1.807, 2.05) is 24.3 Å². The second kappa shape index (κ2) is 11.7. The Balaban J connectivity index is 2.27. The van der Waals surface area contributed by atoms with Gasteiger partial charge in [0, 0.05) is 38.2 Å². The highest BCUT2D eigenvalue weighted by atomic mass is 16.6. The molecule has 0 saturated heterocycles. The summed E-state index contributed by atoms with van der Waals surface area (Å²) in [6.07, 6.45) is 3.40. The number of ether oxygens (including phenoxy) is 1. The third-order valence-corrected chi connectivity index (χ3v) is 6.34. The van der Waals surface area contributed by atoms with E-state index in [0.29, 0.717) is 18.8 Å². The number of amides is 2. The highest BCUT2D eigenvalue weighted by Crippen LogP contribution is 2.40. The largest absolute Gasteiger partial charge is 0.415 e. The first-order valence-corrected chi connectivity index (χ1v) is 11.7. The van der Waals surface area contributed by atoms with Crippen molar-refractivity contribution in [2.75, 3.05) is 25.0 Å². The van der Waals surface area contributed by atoms with Crippen molar-refractivity contribution in [1.29, 1.82) is 0 Å². The topological polar surface area (TPSA) is 49.9 Å². The quantitative estimate of drug-likeness (QED) is 0.431. The van der Waals surface area contributed by atoms with Crippen LogP contribution in [0.1, 0.15) is 71.4 Å². The minimum absolute atomic E-state index is 0.0107. The van der Waals surface area contributed by atoms with Gasteiger partial charge in [-0.15, -0.1) is 0 Å². The first-order valence-electron chi connectivity index (χ1n) is 11.7. The zero-order valence-corrected chi connectivity index (χ0v) is 20.5. The Hall–Kier alpha value is -2.82. The molecule has 5 heteroatoms. The first kappa shape index (κ1) is 25.4. The predicted molar refractivity (Wildman–Crippen MR) is 132 cm³/mol. The van der Waals surface area contributed by atoms with Crippen molar-refractivity contribution in [3.63, 3.8) is 0 Å². The molecule has 2 aromatic carbocycles. The zero-order chi connectivity index (χ0) is 23.7. The average Bonchev–Trinajstić information content (AvgIpc) is 2.81. The second-order valence-electron chi connectivity index (χ2n) is 8.29. The molecule has 5 nitrogen and oxygen atoms in total. The Labute approximate surface area is 193 Å². The van der Waals surface area contributed by atoms with Gasteiger partial charge in [0.25, 0.3) is 0 Å². The van der Waals surface area contributed by atoms with Crippen LogP contribution in [0.4, 0.5) is 10.5 Å². The summed E-state index contributed by atoms with van der Waals surface area (Å²) in [4.78, 5) is 27.6. The van der Waals surface area contributed by atoms with Crippen LogP contribution in [0.15, 0.2) is 48.5 Å². The van der Waals surface area contributed by atoms with Gasteiger partial charge in [-0.3, -0.25) is 4.79 Å². The monoisotopic (exact) mass is 438 g/mol. The Bertz CT molecular complexity index is 865. The molecule has 0 heterocycles. The van der Waals surface area contributed by atoms with Crippen molar-refractivity contribution in [3.05, 3.63) is 59.7 Å². The number of nitrogens with zero attached hydrogens (tertiary/aromatic N) is 2. The van der Waals surface area contributed by atoms with Crippen LogP contribution in [0.2, 0.25) is 0 Å². The van der Waals surface area contributed by atoms with Gasteiger partial charge in [0.15, 0.2) is 0 Å². The number of anilines is 1. The predicted octanol–water partition coefficient (Wildman–Crippen LogP) is 6.40. The lowest BCUT2D eigenvalue weighted by Crippen LogP contribution is -2.34. The van der Waals surface area contributed by atoms with Gasteiger partial charge in [-0.1, -0.05) is 52.0 Å². The van der Waals surface area contributed by atoms with Crippen molar-refractivity contribution < 1.29 is 14.3 Å². The zero-order valence-electron chi connectivity index (χ0n) is 20.5. The van der Waals surface area contributed by atoms with E-state index in [4.69, 9.17) is 4.74 Å². The Morgan fingerprint density at radius 1 is 0.812 bits per heavy atom. The number of carbonyl (C=O) groups is 2. The van der Waals surface area contributed by atoms with Crippen LogP contribution in [-0.2, 0) is 10.2 Å². The van der Waals surface area contributed by atoms with E-state index in [-0.39, 0.29) is 17.4 Å². The van der Waals surface area contributed by atoms with Gasteiger partial charge < -0.3 is 14.5 Å². The fourth-order valence-corrected chi connectivity index (χ4v) is 4.26. The number of benzene rings is 2. The third-order valence-electron chi connectivity index (χ3n) is 6.34. The fraction of sp³-hybridized carbons (Fsp3) is 0.481. The van der Waals surface area contributed by atoms with Crippen LogP contribution in [0.3, 0.4) is 0 Å². The summed E-state index contributed by atoms with van der Waals surface area (Å²) in [5, 5.41) is 0. The molecule has 32 heavy (non-hydrogen) atoms. The standard InChI is InChI=1S/C27H38N2O3/c1-7-19-29(20-8-2)26(31)32-25-17-13-23(14-18-25)27(9-3,10-4)22-11-15-24(16-12-22)28(6)21(5)30/h11-18H,7-10,19-20H2,1-6H3. The summed E-state index contributed by atoms with van der Waals surface area (Å²) in [6, 6.07) is 16.1. The second-order valence-corrected chi connectivity index (χ2v) is 8.29.